The highest BCUT2D eigenvalue weighted by Gasteiger charge is 2.22. The van der Waals surface area contributed by atoms with Crippen molar-refractivity contribution < 1.29 is 4.79 Å². The first-order valence-electron chi connectivity index (χ1n) is 9.87. The molecule has 4 nitrogen and oxygen atoms in total. The van der Waals surface area contributed by atoms with Gasteiger partial charge < -0.3 is 5.32 Å². The van der Waals surface area contributed by atoms with Gasteiger partial charge in [0.05, 0.1) is 28.5 Å². The van der Waals surface area contributed by atoms with Crippen LogP contribution >= 0.6 is 0 Å². The maximum Gasteiger partial charge on any atom is 0.251 e. The zero-order valence-corrected chi connectivity index (χ0v) is 16.0. The molecule has 1 atom stereocenters. The summed E-state index contributed by atoms with van der Waals surface area (Å²) < 4.78 is 0. The molecular formula is C23H25N3O. The van der Waals surface area contributed by atoms with Crippen LogP contribution in [0.4, 0.5) is 0 Å². The molecule has 4 heteroatoms. The summed E-state index contributed by atoms with van der Waals surface area (Å²) in [6.45, 7) is 4.19. The quantitative estimate of drug-likeness (QED) is 0.743. The van der Waals surface area contributed by atoms with Crippen molar-refractivity contribution in [1.82, 2.24) is 15.3 Å². The molecule has 27 heavy (non-hydrogen) atoms. The molecule has 3 aromatic rings. The monoisotopic (exact) mass is 359 g/mol. The summed E-state index contributed by atoms with van der Waals surface area (Å²) in [5.74, 6) is -0.0435. The summed E-state index contributed by atoms with van der Waals surface area (Å²) in [7, 11) is 0. The molecule has 0 saturated carbocycles. The van der Waals surface area contributed by atoms with Gasteiger partial charge in [0, 0.05) is 5.56 Å². The van der Waals surface area contributed by atoms with Gasteiger partial charge in [-0.25, -0.2) is 9.97 Å². The predicted molar refractivity (Wildman–Crippen MR) is 108 cm³/mol. The van der Waals surface area contributed by atoms with Gasteiger partial charge in [0.25, 0.3) is 5.91 Å². The lowest BCUT2D eigenvalue weighted by atomic mass is 9.87. The third kappa shape index (κ3) is 3.44. The van der Waals surface area contributed by atoms with Gasteiger partial charge in [-0.3, -0.25) is 4.79 Å². The van der Waals surface area contributed by atoms with Gasteiger partial charge in [0.2, 0.25) is 0 Å². The van der Waals surface area contributed by atoms with Crippen LogP contribution in [0.2, 0.25) is 0 Å². The summed E-state index contributed by atoms with van der Waals surface area (Å²) in [5, 5.41) is 3.22. The maximum absolute atomic E-state index is 12.9. The molecule has 1 amide bonds. The number of fused-ring (bicyclic) bond motifs is 2. The lowest BCUT2D eigenvalue weighted by molar-refractivity contribution is 0.0933. The normalized spacial score (nSPS) is 16.1. The fraction of sp³-hybridized carbons (Fsp3) is 0.348. The van der Waals surface area contributed by atoms with E-state index in [-0.39, 0.29) is 11.9 Å². The minimum Gasteiger partial charge on any atom is -0.345 e. The van der Waals surface area contributed by atoms with Gasteiger partial charge in [0.1, 0.15) is 0 Å². The van der Waals surface area contributed by atoms with Crippen molar-refractivity contribution in [3.05, 3.63) is 70.5 Å². The zero-order valence-electron chi connectivity index (χ0n) is 16.0. The number of nitrogens with one attached hydrogen (secondary N) is 1. The number of aromatic nitrogens is 2. The van der Waals surface area contributed by atoms with E-state index >= 15 is 0 Å². The Balaban J connectivity index is 1.62. The third-order valence-electron chi connectivity index (χ3n) is 5.43. The van der Waals surface area contributed by atoms with Crippen molar-refractivity contribution in [3.63, 3.8) is 0 Å². The number of carbonyl (C=O) groups is 1. The first-order valence-corrected chi connectivity index (χ1v) is 9.87. The molecule has 1 aliphatic rings. The second kappa shape index (κ2) is 7.47. The van der Waals surface area contributed by atoms with Crippen molar-refractivity contribution in [3.8, 4) is 0 Å². The van der Waals surface area contributed by atoms with Crippen LogP contribution in [0.25, 0.3) is 11.0 Å². The van der Waals surface area contributed by atoms with Crippen LogP contribution in [-0.4, -0.2) is 15.9 Å². The summed E-state index contributed by atoms with van der Waals surface area (Å²) in [6.07, 6.45) is 4.89. The molecule has 0 fully saturated rings. The number of rotatable bonds is 4. The number of benzene rings is 2. The Morgan fingerprint density at radius 1 is 1.04 bits per heavy atom. The van der Waals surface area contributed by atoms with E-state index in [1.165, 1.54) is 11.1 Å². The van der Waals surface area contributed by atoms with E-state index in [4.69, 9.17) is 9.97 Å². The van der Waals surface area contributed by atoms with Crippen molar-refractivity contribution in [2.24, 2.45) is 0 Å². The SMILES string of the molecule is CCc1nc2ccc(C(=O)NC3CCCc4ccccc43)cc2nc1CC. The Morgan fingerprint density at radius 3 is 2.56 bits per heavy atom. The van der Waals surface area contributed by atoms with Crippen molar-refractivity contribution in [2.45, 2.75) is 52.0 Å². The van der Waals surface area contributed by atoms with E-state index in [0.717, 1.165) is 54.5 Å². The molecule has 1 N–H and O–H groups in total. The first-order chi connectivity index (χ1) is 13.2. The lowest BCUT2D eigenvalue weighted by Crippen LogP contribution is -2.31. The summed E-state index contributed by atoms with van der Waals surface area (Å²) >= 11 is 0. The molecule has 1 aliphatic carbocycles. The fourth-order valence-corrected chi connectivity index (χ4v) is 3.98. The highest BCUT2D eigenvalue weighted by Crippen LogP contribution is 2.29. The Morgan fingerprint density at radius 2 is 1.78 bits per heavy atom. The number of hydrogen-bond donors (Lipinski definition) is 1. The predicted octanol–water partition coefficient (Wildman–Crippen LogP) is 4.56. The van der Waals surface area contributed by atoms with Crippen LogP contribution < -0.4 is 5.32 Å². The van der Waals surface area contributed by atoms with Crippen LogP contribution in [0.3, 0.4) is 0 Å². The van der Waals surface area contributed by atoms with E-state index in [2.05, 4.69) is 37.4 Å². The zero-order chi connectivity index (χ0) is 18.8. The van der Waals surface area contributed by atoms with Gasteiger partial charge in [0.15, 0.2) is 0 Å². The van der Waals surface area contributed by atoms with Gasteiger partial charge in [-0.2, -0.15) is 0 Å². The van der Waals surface area contributed by atoms with E-state index in [1.54, 1.807) is 0 Å². The molecule has 0 radical (unpaired) electrons. The molecule has 2 aromatic carbocycles. The molecule has 1 unspecified atom stereocenters. The molecule has 1 aromatic heterocycles. The van der Waals surface area contributed by atoms with Crippen LogP contribution in [0.15, 0.2) is 42.5 Å². The Labute approximate surface area is 160 Å². The summed E-state index contributed by atoms with van der Waals surface area (Å²) in [4.78, 5) is 22.3. The molecule has 0 bridgehead atoms. The molecule has 0 saturated heterocycles. The second-order valence-corrected chi connectivity index (χ2v) is 7.14. The average molecular weight is 359 g/mol. The second-order valence-electron chi connectivity index (χ2n) is 7.14. The fourth-order valence-electron chi connectivity index (χ4n) is 3.98. The highest BCUT2D eigenvalue weighted by atomic mass is 16.1. The standard InChI is InChI=1S/C23H25N3O/c1-3-18-19(4-2)25-22-14-16(12-13-21(22)24-18)23(27)26-20-11-7-9-15-8-5-6-10-17(15)20/h5-6,8,10,12-14,20H,3-4,7,9,11H2,1-2H3,(H,26,27). The van der Waals surface area contributed by atoms with Gasteiger partial charge >= 0.3 is 0 Å². The van der Waals surface area contributed by atoms with Crippen molar-refractivity contribution in [1.29, 1.82) is 0 Å². The number of nitrogens with zero attached hydrogens (tertiary/aromatic N) is 2. The van der Waals surface area contributed by atoms with Crippen LogP contribution in [0.1, 0.15) is 65.6 Å². The molecule has 138 valence electrons. The largest absolute Gasteiger partial charge is 0.345 e. The van der Waals surface area contributed by atoms with E-state index in [0.29, 0.717) is 5.56 Å². The third-order valence-corrected chi connectivity index (χ3v) is 5.43. The van der Waals surface area contributed by atoms with E-state index < -0.39 is 0 Å². The topological polar surface area (TPSA) is 54.9 Å². The van der Waals surface area contributed by atoms with Gasteiger partial charge in [-0.15, -0.1) is 0 Å². The molecule has 1 heterocycles. The minimum atomic E-state index is -0.0435. The maximum atomic E-state index is 12.9. The first kappa shape index (κ1) is 17.7. The number of aryl methyl sites for hydroxylation is 3. The van der Waals surface area contributed by atoms with Crippen molar-refractivity contribution in [2.75, 3.05) is 0 Å². The highest BCUT2D eigenvalue weighted by molar-refractivity contribution is 5.97. The van der Waals surface area contributed by atoms with E-state index in [9.17, 15) is 4.79 Å². The van der Waals surface area contributed by atoms with Crippen molar-refractivity contribution >= 4 is 16.9 Å². The van der Waals surface area contributed by atoms with Crippen LogP contribution in [0.5, 0.6) is 0 Å². The Hall–Kier alpha value is -2.75. The lowest BCUT2D eigenvalue weighted by Gasteiger charge is -2.26. The van der Waals surface area contributed by atoms with Crippen LogP contribution in [0, 0.1) is 0 Å². The Bertz CT molecular complexity index is 996. The van der Waals surface area contributed by atoms with Gasteiger partial charge in [-0.05, 0) is 61.4 Å². The van der Waals surface area contributed by atoms with Crippen LogP contribution in [-0.2, 0) is 19.3 Å². The number of carbonyl (C=O) groups excluding carboxylic acids is 1. The summed E-state index contributed by atoms with van der Waals surface area (Å²) in [5.41, 5.74) is 6.94. The van der Waals surface area contributed by atoms with E-state index in [1.807, 2.05) is 24.3 Å². The Kier molecular flexibility index (Phi) is 4.88. The number of amides is 1. The molecule has 0 aliphatic heterocycles. The molecule has 4 rings (SSSR count). The van der Waals surface area contributed by atoms with Gasteiger partial charge in [-0.1, -0.05) is 38.1 Å². The average Bonchev–Trinajstić information content (AvgIpc) is 2.72. The minimum absolute atomic E-state index is 0.0435. The summed E-state index contributed by atoms with van der Waals surface area (Å²) in [6, 6.07) is 14.1. The molecule has 0 spiro atoms. The number of hydrogen-bond acceptors (Lipinski definition) is 3. The molecular weight excluding hydrogens is 334 g/mol. The smallest absolute Gasteiger partial charge is 0.251 e.